The molecule has 3 N–H and O–H groups in total. The summed E-state index contributed by atoms with van der Waals surface area (Å²) in [7, 11) is 1.81. The molecule has 1 heterocycles. The fourth-order valence-electron chi connectivity index (χ4n) is 1.74. The molecular formula is C11H12N4O. The number of nitrogens with zero attached hydrogens (tertiary/aromatic N) is 1. The van der Waals surface area contributed by atoms with Crippen LogP contribution in [0.2, 0.25) is 0 Å². The summed E-state index contributed by atoms with van der Waals surface area (Å²) in [4.78, 5) is 16.5. The van der Waals surface area contributed by atoms with Crippen LogP contribution >= 0.6 is 0 Å². The summed E-state index contributed by atoms with van der Waals surface area (Å²) in [6.07, 6.45) is 0.399. The number of nitriles is 1. The zero-order valence-corrected chi connectivity index (χ0v) is 8.87. The number of hydrogen-bond donors (Lipinski definition) is 3. The lowest BCUT2D eigenvalue weighted by Gasteiger charge is -2.12. The first-order chi connectivity index (χ1) is 7.74. The standard InChI is InChI=1S/C11H12N4O/c1-13-8(4-5-12)7-2-3-9-10(6-7)15-11(16)14-9/h2-3,6,8,13H,4H2,1H3,(H2,14,15,16). The van der Waals surface area contributed by atoms with E-state index in [1.165, 1.54) is 0 Å². The summed E-state index contributed by atoms with van der Waals surface area (Å²) in [5.74, 6) is 0. The van der Waals surface area contributed by atoms with E-state index >= 15 is 0 Å². The lowest BCUT2D eigenvalue weighted by molar-refractivity contribution is 0.609. The third kappa shape index (κ3) is 1.83. The predicted molar refractivity (Wildman–Crippen MR) is 61.0 cm³/mol. The first-order valence-electron chi connectivity index (χ1n) is 5.00. The highest BCUT2D eigenvalue weighted by Gasteiger charge is 2.09. The maximum atomic E-state index is 11.1. The Morgan fingerprint density at radius 1 is 1.44 bits per heavy atom. The summed E-state index contributed by atoms with van der Waals surface area (Å²) >= 11 is 0. The number of H-pyrrole nitrogens is 2. The van der Waals surface area contributed by atoms with Gasteiger partial charge in [-0.15, -0.1) is 0 Å². The predicted octanol–water partition coefficient (Wildman–Crippen LogP) is 1.03. The molecular weight excluding hydrogens is 204 g/mol. The van der Waals surface area contributed by atoms with Crippen molar-refractivity contribution < 1.29 is 0 Å². The summed E-state index contributed by atoms with van der Waals surface area (Å²) in [6, 6.07) is 7.75. The van der Waals surface area contributed by atoms with Gasteiger partial charge < -0.3 is 15.3 Å². The Balaban J connectivity index is 2.45. The molecule has 0 saturated carbocycles. The van der Waals surface area contributed by atoms with E-state index in [2.05, 4.69) is 21.4 Å². The van der Waals surface area contributed by atoms with E-state index in [4.69, 9.17) is 5.26 Å². The number of hydrogen-bond acceptors (Lipinski definition) is 3. The van der Waals surface area contributed by atoms with E-state index in [9.17, 15) is 4.79 Å². The van der Waals surface area contributed by atoms with Gasteiger partial charge in [-0.05, 0) is 24.7 Å². The smallest absolute Gasteiger partial charge is 0.312 e. The Morgan fingerprint density at radius 3 is 2.88 bits per heavy atom. The minimum absolute atomic E-state index is 0.00666. The number of aromatic amines is 2. The van der Waals surface area contributed by atoms with Crippen LogP contribution in [0.15, 0.2) is 23.0 Å². The molecule has 5 nitrogen and oxygen atoms in total. The second-order valence-electron chi connectivity index (χ2n) is 3.59. The molecule has 1 atom stereocenters. The Kier molecular flexibility index (Phi) is 2.75. The molecule has 16 heavy (non-hydrogen) atoms. The topological polar surface area (TPSA) is 84.5 Å². The van der Waals surface area contributed by atoms with Gasteiger partial charge in [0.15, 0.2) is 0 Å². The Bertz CT molecular complexity index is 590. The molecule has 0 aliphatic heterocycles. The maximum absolute atomic E-state index is 11.1. The van der Waals surface area contributed by atoms with Gasteiger partial charge >= 0.3 is 5.69 Å². The quantitative estimate of drug-likeness (QED) is 0.716. The van der Waals surface area contributed by atoms with Crippen LogP contribution < -0.4 is 11.0 Å². The monoisotopic (exact) mass is 216 g/mol. The van der Waals surface area contributed by atoms with Crippen molar-refractivity contribution in [1.82, 2.24) is 15.3 Å². The summed E-state index contributed by atoms with van der Waals surface area (Å²) in [5, 5.41) is 11.8. The molecule has 0 radical (unpaired) electrons. The molecule has 2 aromatic rings. The SMILES string of the molecule is CNC(CC#N)c1ccc2[nH]c(=O)[nH]c2c1. The highest BCUT2D eigenvalue weighted by Crippen LogP contribution is 2.19. The molecule has 0 amide bonds. The molecule has 1 aromatic carbocycles. The lowest BCUT2D eigenvalue weighted by Crippen LogP contribution is -2.15. The fourth-order valence-corrected chi connectivity index (χ4v) is 1.74. The van der Waals surface area contributed by atoms with Crippen LogP contribution in [-0.2, 0) is 0 Å². The van der Waals surface area contributed by atoms with Crippen LogP contribution in [0.1, 0.15) is 18.0 Å². The number of nitrogens with one attached hydrogen (secondary N) is 3. The molecule has 0 fully saturated rings. The Morgan fingerprint density at radius 2 is 2.19 bits per heavy atom. The second kappa shape index (κ2) is 4.21. The highest BCUT2D eigenvalue weighted by molar-refractivity contribution is 5.75. The molecule has 0 aliphatic rings. The minimum atomic E-state index is -0.214. The highest BCUT2D eigenvalue weighted by atomic mass is 16.1. The molecule has 2 rings (SSSR count). The van der Waals surface area contributed by atoms with Crippen molar-refractivity contribution in [3.8, 4) is 6.07 Å². The van der Waals surface area contributed by atoms with Crippen molar-refractivity contribution in [2.75, 3.05) is 7.05 Å². The first kappa shape index (κ1) is 10.5. The lowest BCUT2D eigenvalue weighted by atomic mass is 10.0. The van der Waals surface area contributed by atoms with Crippen LogP contribution in [0.5, 0.6) is 0 Å². The van der Waals surface area contributed by atoms with E-state index in [0.29, 0.717) is 6.42 Å². The number of aromatic nitrogens is 2. The minimum Gasteiger partial charge on any atom is -0.312 e. The third-order valence-corrected chi connectivity index (χ3v) is 2.59. The van der Waals surface area contributed by atoms with Crippen molar-refractivity contribution in [3.63, 3.8) is 0 Å². The fraction of sp³-hybridized carbons (Fsp3) is 0.273. The number of imidazole rings is 1. The zero-order valence-electron chi connectivity index (χ0n) is 8.87. The molecule has 82 valence electrons. The molecule has 1 aromatic heterocycles. The average molecular weight is 216 g/mol. The van der Waals surface area contributed by atoms with Crippen molar-refractivity contribution in [2.24, 2.45) is 0 Å². The molecule has 0 bridgehead atoms. The number of fused-ring (bicyclic) bond motifs is 1. The van der Waals surface area contributed by atoms with Crippen LogP contribution in [0, 0.1) is 11.3 Å². The molecule has 0 spiro atoms. The van der Waals surface area contributed by atoms with Gasteiger partial charge in [0.25, 0.3) is 0 Å². The van der Waals surface area contributed by atoms with E-state index in [1.807, 2.05) is 25.2 Å². The van der Waals surface area contributed by atoms with Gasteiger partial charge in [-0.2, -0.15) is 5.26 Å². The van der Waals surface area contributed by atoms with E-state index < -0.39 is 0 Å². The number of rotatable bonds is 3. The van der Waals surface area contributed by atoms with Gasteiger partial charge in [-0.1, -0.05) is 6.07 Å². The van der Waals surface area contributed by atoms with Gasteiger partial charge in [-0.3, -0.25) is 0 Å². The summed E-state index contributed by atoms with van der Waals surface area (Å²) in [5.41, 5.74) is 2.32. The van der Waals surface area contributed by atoms with Crippen molar-refractivity contribution >= 4 is 11.0 Å². The van der Waals surface area contributed by atoms with Crippen LogP contribution in [0.25, 0.3) is 11.0 Å². The third-order valence-electron chi connectivity index (χ3n) is 2.59. The molecule has 0 aliphatic carbocycles. The average Bonchev–Trinajstić information content (AvgIpc) is 2.64. The second-order valence-corrected chi connectivity index (χ2v) is 3.59. The van der Waals surface area contributed by atoms with Gasteiger partial charge in [0.1, 0.15) is 0 Å². The van der Waals surface area contributed by atoms with Gasteiger partial charge in [0, 0.05) is 6.04 Å². The van der Waals surface area contributed by atoms with Crippen LogP contribution in [0.4, 0.5) is 0 Å². The molecule has 5 heteroatoms. The van der Waals surface area contributed by atoms with Gasteiger partial charge in [-0.25, -0.2) is 4.79 Å². The Labute approximate surface area is 92.1 Å². The van der Waals surface area contributed by atoms with E-state index in [-0.39, 0.29) is 11.7 Å². The maximum Gasteiger partial charge on any atom is 0.323 e. The normalized spacial score (nSPS) is 12.5. The first-order valence-corrected chi connectivity index (χ1v) is 5.00. The number of benzene rings is 1. The zero-order chi connectivity index (χ0) is 11.5. The van der Waals surface area contributed by atoms with Crippen LogP contribution in [-0.4, -0.2) is 17.0 Å². The van der Waals surface area contributed by atoms with Crippen molar-refractivity contribution in [1.29, 1.82) is 5.26 Å². The largest absolute Gasteiger partial charge is 0.323 e. The molecule has 1 unspecified atom stereocenters. The van der Waals surface area contributed by atoms with Gasteiger partial charge in [0.2, 0.25) is 0 Å². The van der Waals surface area contributed by atoms with Gasteiger partial charge in [0.05, 0.1) is 23.5 Å². The summed E-state index contributed by atoms with van der Waals surface area (Å²) < 4.78 is 0. The van der Waals surface area contributed by atoms with Crippen LogP contribution in [0.3, 0.4) is 0 Å². The van der Waals surface area contributed by atoms with Crippen molar-refractivity contribution in [3.05, 3.63) is 34.2 Å². The van der Waals surface area contributed by atoms with E-state index in [1.54, 1.807) is 0 Å². The Hall–Kier alpha value is -2.06. The van der Waals surface area contributed by atoms with E-state index in [0.717, 1.165) is 16.6 Å². The van der Waals surface area contributed by atoms with Crippen molar-refractivity contribution in [2.45, 2.75) is 12.5 Å². The molecule has 0 saturated heterocycles. The summed E-state index contributed by atoms with van der Waals surface area (Å²) in [6.45, 7) is 0.